The Balaban J connectivity index is 3.12. The van der Waals surface area contributed by atoms with E-state index >= 15 is 0 Å². The van der Waals surface area contributed by atoms with Crippen LogP contribution < -0.4 is 10.5 Å². The van der Waals surface area contributed by atoms with Crippen molar-refractivity contribution in [3.8, 4) is 5.75 Å². The number of nitrogens with two attached hydrogens (primary N) is 1. The second kappa shape index (κ2) is 3.05. The molecule has 0 spiro atoms. The van der Waals surface area contributed by atoms with Crippen LogP contribution in [0.5, 0.6) is 5.75 Å². The van der Waals surface area contributed by atoms with Gasteiger partial charge in [-0.1, -0.05) is 0 Å². The summed E-state index contributed by atoms with van der Waals surface area (Å²) in [5.41, 5.74) is 5.21. The zero-order valence-electron chi connectivity index (χ0n) is 7.13. The molecule has 0 saturated carbocycles. The van der Waals surface area contributed by atoms with Crippen LogP contribution in [-0.2, 0) is 0 Å². The molecule has 0 bridgehead atoms. The topological polar surface area (TPSA) is 52.3 Å². The maximum atomic E-state index is 10.7. The molecule has 0 aliphatic rings. The van der Waals surface area contributed by atoms with Gasteiger partial charge in [0.15, 0.2) is 0 Å². The molecule has 0 aromatic heterocycles. The normalized spacial score (nSPS) is 10.5. The SMILES string of the molecule is [2H]c1cc(OC)ccc1C(N)=O. The smallest absolute Gasteiger partial charge is 0.248 e. The van der Waals surface area contributed by atoms with Crippen molar-refractivity contribution >= 4 is 5.91 Å². The largest absolute Gasteiger partial charge is 0.497 e. The molecule has 58 valence electrons. The quantitative estimate of drug-likeness (QED) is 0.681. The fourth-order valence-corrected chi connectivity index (χ4v) is 0.691. The summed E-state index contributed by atoms with van der Waals surface area (Å²) in [5.74, 6) is -0.0485. The molecule has 0 aliphatic heterocycles. The number of amides is 1. The van der Waals surface area contributed by atoms with E-state index in [1.807, 2.05) is 0 Å². The summed E-state index contributed by atoms with van der Waals surface area (Å²) < 4.78 is 12.2. The summed E-state index contributed by atoms with van der Waals surface area (Å²) in [6, 6.07) is 4.60. The molecule has 3 nitrogen and oxygen atoms in total. The summed E-state index contributed by atoms with van der Waals surface area (Å²) in [7, 11) is 1.50. The molecule has 0 radical (unpaired) electrons. The third-order valence-corrected chi connectivity index (χ3v) is 1.29. The van der Waals surface area contributed by atoms with E-state index in [1.165, 1.54) is 19.2 Å². The number of hydrogen-bond acceptors (Lipinski definition) is 2. The van der Waals surface area contributed by atoms with Gasteiger partial charge in [0, 0.05) is 5.56 Å². The van der Waals surface area contributed by atoms with Gasteiger partial charge in [-0.25, -0.2) is 0 Å². The second-order valence-corrected chi connectivity index (χ2v) is 2.01. The van der Waals surface area contributed by atoms with Gasteiger partial charge in [0.1, 0.15) is 5.75 Å². The average Bonchev–Trinajstić information content (AvgIpc) is 2.03. The lowest BCUT2D eigenvalue weighted by atomic mass is 10.2. The van der Waals surface area contributed by atoms with Crippen molar-refractivity contribution in [3.05, 3.63) is 29.8 Å². The predicted octanol–water partition coefficient (Wildman–Crippen LogP) is 0.794. The Morgan fingerprint density at radius 2 is 2.36 bits per heavy atom. The van der Waals surface area contributed by atoms with Crippen molar-refractivity contribution in [1.82, 2.24) is 0 Å². The van der Waals surface area contributed by atoms with Crippen LogP contribution in [0, 0.1) is 0 Å². The number of benzene rings is 1. The van der Waals surface area contributed by atoms with Crippen LogP contribution in [0.25, 0.3) is 0 Å². The number of methoxy groups -OCH3 is 1. The highest BCUT2D eigenvalue weighted by Crippen LogP contribution is 2.10. The van der Waals surface area contributed by atoms with Gasteiger partial charge in [-0.05, 0) is 24.2 Å². The number of rotatable bonds is 2. The first-order valence-corrected chi connectivity index (χ1v) is 3.09. The number of ether oxygens (including phenoxy) is 1. The first kappa shape index (κ1) is 6.22. The fourth-order valence-electron chi connectivity index (χ4n) is 0.691. The highest BCUT2D eigenvalue weighted by atomic mass is 16.5. The number of carbonyl (C=O) groups is 1. The molecule has 2 N–H and O–H groups in total. The summed E-state index contributed by atoms with van der Waals surface area (Å²) in [6.07, 6.45) is 0. The summed E-state index contributed by atoms with van der Waals surface area (Å²) in [6.45, 7) is 0. The Morgan fingerprint density at radius 3 is 2.82 bits per heavy atom. The van der Waals surface area contributed by atoms with Gasteiger partial charge in [-0.15, -0.1) is 0 Å². The molecule has 0 heterocycles. The molecule has 1 aromatic rings. The molecule has 0 atom stereocenters. The third kappa shape index (κ3) is 1.70. The van der Waals surface area contributed by atoms with E-state index in [2.05, 4.69) is 0 Å². The van der Waals surface area contributed by atoms with Gasteiger partial charge in [-0.3, -0.25) is 4.79 Å². The minimum absolute atomic E-state index is 0.0850. The summed E-state index contributed by atoms with van der Waals surface area (Å²) in [5, 5.41) is 0. The summed E-state index contributed by atoms with van der Waals surface area (Å²) in [4.78, 5) is 10.7. The van der Waals surface area contributed by atoms with Gasteiger partial charge >= 0.3 is 0 Å². The van der Waals surface area contributed by atoms with Crippen molar-refractivity contribution in [2.45, 2.75) is 0 Å². The molecular formula is C8H9NO2. The van der Waals surface area contributed by atoms with E-state index in [0.29, 0.717) is 5.75 Å². The lowest BCUT2D eigenvalue weighted by molar-refractivity contribution is 0.100. The third-order valence-electron chi connectivity index (χ3n) is 1.29. The molecule has 0 fully saturated rings. The van der Waals surface area contributed by atoms with Crippen LogP contribution >= 0.6 is 0 Å². The highest BCUT2D eigenvalue weighted by Gasteiger charge is 1.98. The molecule has 11 heavy (non-hydrogen) atoms. The van der Waals surface area contributed by atoms with Crippen LogP contribution in [-0.4, -0.2) is 13.0 Å². The number of carbonyl (C=O) groups excluding carboxylic acids is 1. The molecule has 0 saturated heterocycles. The molecule has 1 amide bonds. The van der Waals surface area contributed by atoms with Gasteiger partial charge in [0.2, 0.25) is 5.91 Å². The monoisotopic (exact) mass is 152 g/mol. The standard InChI is InChI=1S/C8H9NO2/c1-11-7-4-2-6(3-5-7)8(9)10/h2-5H,1H3,(H2,9,10)/i2D. The van der Waals surface area contributed by atoms with Gasteiger partial charge in [-0.2, -0.15) is 0 Å². The van der Waals surface area contributed by atoms with Crippen molar-refractivity contribution in [2.75, 3.05) is 7.11 Å². The molecular weight excluding hydrogens is 142 g/mol. The minimum Gasteiger partial charge on any atom is -0.497 e. The Morgan fingerprint density at radius 1 is 1.64 bits per heavy atom. The lowest BCUT2D eigenvalue weighted by Crippen LogP contribution is -2.10. The van der Waals surface area contributed by atoms with Crippen LogP contribution in [0.2, 0.25) is 0 Å². The van der Waals surface area contributed by atoms with E-state index < -0.39 is 5.91 Å². The van der Waals surface area contributed by atoms with E-state index in [0.717, 1.165) is 0 Å². The van der Waals surface area contributed by atoms with Crippen molar-refractivity contribution < 1.29 is 10.9 Å². The van der Waals surface area contributed by atoms with Crippen molar-refractivity contribution in [2.24, 2.45) is 5.73 Å². The molecule has 3 heteroatoms. The zero-order chi connectivity index (χ0) is 9.14. The highest BCUT2D eigenvalue weighted by molar-refractivity contribution is 5.92. The fraction of sp³-hybridized carbons (Fsp3) is 0.125. The Labute approximate surface area is 66.2 Å². The Hall–Kier alpha value is -1.51. The second-order valence-electron chi connectivity index (χ2n) is 2.01. The van der Waals surface area contributed by atoms with Crippen molar-refractivity contribution in [3.63, 3.8) is 0 Å². The van der Waals surface area contributed by atoms with E-state index in [1.54, 1.807) is 6.07 Å². The minimum atomic E-state index is -0.595. The van der Waals surface area contributed by atoms with E-state index in [-0.39, 0.29) is 11.6 Å². The van der Waals surface area contributed by atoms with Gasteiger partial charge in [0.25, 0.3) is 0 Å². The summed E-state index contributed by atoms with van der Waals surface area (Å²) >= 11 is 0. The number of hydrogen-bond donors (Lipinski definition) is 1. The molecule has 0 aliphatic carbocycles. The maximum absolute atomic E-state index is 10.7. The predicted molar refractivity (Wildman–Crippen MR) is 41.5 cm³/mol. The van der Waals surface area contributed by atoms with Gasteiger partial charge < -0.3 is 10.5 Å². The zero-order valence-corrected chi connectivity index (χ0v) is 6.13. The van der Waals surface area contributed by atoms with Gasteiger partial charge in [0.05, 0.1) is 8.48 Å². The molecule has 1 rings (SSSR count). The van der Waals surface area contributed by atoms with Crippen LogP contribution in [0.1, 0.15) is 11.7 Å². The van der Waals surface area contributed by atoms with E-state index in [4.69, 9.17) is 11.8 Å². The molecule has 0 unspecified atom stereocenters. The van der Waals surface area contributed by atoms with Crippen LogP contribution in [0.3, 0.4) is 0 Å². The number of primary amides is 1. The van der Waals surface area contributed by atoms with Crippen molar-refractivity contribution in [1.29, 1.82) is 0 Å². The van der Waals surface area contributed by atoms with Crippen LogP contribution in [0.15, 0.2) is 24.2 Å². The average molecular weight is 152 g/mol. The van der Waals surface area contributed by atoms with E-state index in [9.17, 15) is 4.79 Å². The first-order chi connectivity index (χ1) is 5.65. The maximum Gasteiger partial charge on any atom is 0.248 e. The lowest BCUT2D eigenvalue weighted by Gasteiger charge is -1.98. The first-order valence-electron chi connectivity index (χ1n) is 3.59. The Bertz CT molecular complexity index is 312. The Kier molecular flexibility index (Phi) is 1.73. The van der Waals surface area contributed by atoms with Crippen LogP contribution in [0.4, 0.5) is 0 Å². The molecule has 1 aromatic carbocycles.